The van der Waals surface area contributed by atoms with Crippen LogP contribution in [0.1, 0.15) is 49.7 Å². The number of quaternary nitrogens is 1. The van der Waals surface area contributed by atoms with Crippen LogP contribution in [-0.2, 0) is 11.8 Å². The zero-order valence-electron chi connectivity index (χ0n) is 14.4. The molecule has 5 aliphatic rings. The molecule has 1 saturated heterocycles. The highest BCUT2D eigenvalue weighted by atomic mass is 16.6. The van der Waals surface area contributed by atoms with Gasteiger partial charge in [0.05, 0.1) is 18.5 Å². The van der Waals surface area contributed by atoms with E-state index in [0.29, 0.717) is 44.0 Å². The first-order chi connectivity index (χ1) is 12.0. The third-order valence-electron chi connectivity index (χ3n) is 7.96. The van der Waals surface area contributed by atoms with Crippen molar-refractivity contribution in [2.75, 3.05) is 13.1 Å². The summed E-state index contributed by atoms with van der Waals surface area (Å²) in [6.45, 7) is 1.23. The first-order valence-corrected chi connectivity index (χ1v) is 9.80. The molecule has 5 heteroatoms. The summed E-state index contributed by atoms with van der Waals surface area (Å²) in [5.41, 5.74) is 0.638. The van der Waals surface area contributed by atoms with E-state index < -0.39 is 11.0 Å². The SMILES string of the molecule is [O-][N@+]1(CC2CC2)CC[C@]23c4c5ccc(O)c4O[C@H]2CCCC3(O)[C@H]1C5. The summed E-state index contributed by atoms with van der Waals surface area (Å²) in [5.74, 6) is 1.30. The summed E-state index contributed by atoms with van der Waals surface area (Å²) in [7, 11) is 0. The van der Waals surface area contributed by atoms with Gasteiger partial charge in [0.25, 0.3) is 0 Å². The minimum absolute atomic E-state index is 0.106. The molecule has 3 fully saturated rings. The van der Waals surface area contributed by atoms with Crippen LogP contribution in [0.25, 0.3) is 0 Å². The number of piperidine rings is 1. The fraction of sp³-hybridized carbons (Fsp3) is 0.700. The van der Waals surface area contributed by atoms with Crippen molar-refractivity contribution in [2.24, 2.45) is 5.92 Å². The highest BCUT2D eigenvalue weighted by molar-refractivity contribution is 5.61. The molecule has 25 heavy (non-hydrogen) atoms. The van der Waals surface area contributed by atoms with E-state index in [1.54, 1.807) is 6.07 Å². The van der Waals surface area contributed by atoms with E-state index in [2.05, 4.69) is 0 Å². The molecule has 6 rings (SSSR count). The molecule has 5 nitrogen and oxygen atoms in total. The van der Waals surface area contributed by atoms with Gasteiger partial charge in [0.2, 0.25) is 0 Å². The molecule has 1 unspecified atom stereocenters. The minimum Gasteiger partial charge on any atom is -0.632 e. The first-order valence-electron chi connectivity index (χ1n) is 9.80. The lowest BCUT2D eigenvalue weighted by atomic mass is 9.49. The second-order valence-corrected chi connectivity index (χ2v) is 9.11. The average molecular weight is 343 g/mol. The number of phenols is 1. The lowest BCUT2D eigenvalue weighted by Crippen LogP contribution is -2.79. The second-order valence-electron chi connectivity index (χ2n) is 9.11. The minimum atomic E-state index is -1.00. The molecule has 0 amide bonds. The third-order valence-corrected chi connectivity index (χ3v) is 7.96. The summed E-state index contributed by atoms with van der Waals surface area (Å²) in [5, 5.41) is 36.2. The first kappa shape index (κ1) is 14.8. The van der Waals surface area contributed by atoms with E-state index in [9.17, 15) is 15.4 Å². The van der Waals surface area contributed by atoms with Gasteiger partial charge in [0.1, 0.15) is 17.7 Å². The molecule has 1 spiro atoms. The largest absolute Gasteiger partial charge is 0.632 e. The summed E-state index contributed by atoms with van der Waals surface area (Å²) in [6.07, 6.45) is 5.95. The van der Waals surface area contributed by atoms with Gasteiger partial charge in [-0.15, -0.1) is 0 Å². The van der Waals surface area contributed by atoms with Crippen molar-refractivity contribution >= 4 is 0 Å². The van der Waals surface area contributed by atoms with Gasteiger partial charge in [0, 0.05) is 24.3 Å². The summed E-state index contributed by atoms with van der Waals surface area (Å²) >= 11 is 0. The van der Waals surface area contributed by atoms with Crippen LogP contribution in [0.3, 0.4) is 0 Å². The Labute approximate surface area is 147 Å². The van der Waals surface area contributed by atoms with Gasteiger partial charge in [-0.05, 0) is 43.7 Å². The molecule has 3 aliphatic carbocycles. The van der Waals surface area contributed by atoms with Crippen molar-refractivity contribution in [2.45, 2.75) is 68.1 Å². The van der Waals surface area contributed by atoms with E-state index >= 15 is 0 Å². The predicted octanol–water partition coefficient (Wildman–Crippen LogP) is 2.36. The van der Waals surface area contributed by atoms with Gasteiger partial charge >= 0.3 is 0 Å². The maximum absolute atomic E-state index is 13.9. The van der Waals surface area contributed by atoms with E-state index in [-0.39, 0.29) is 22.5 Å². The highest BCUT2D eigenvalue weighted by Gasteiger charge is 2.74. The number of phenolic OH excluding ortho intramolecular Hbond substituents is 1. The van der Waals surface area contributed by atoms with Crippen LogP contribution in [-0.4, -0.2) is 45.7 Å². The van der Waals surface area contributed by atoms with Crippen molar-refractivity contribution in [3.8, 4) is 11.5 Å². The molecule has 0 radical (unpaired) electrons. The number of aromatic hydroxyl groups is 1. The van der Waals surface area contributed by atoms with Gasteiger partial charge in [-0.3, -0.25) is 0 Å². The zero-order chi connectivity index (χ0) is 17.0. The molecular formula is C20H25NO4. The van der Waals surface area contributed by atoms with E-state index in [4.69, 9.17) is 4.74 Å². The van der Waals surface area contributed by atoms with Crippen molar-refractivity contribution in [3.63, 3.8) is 0 Å². The average Bonchev–Trinajstić information content (AvgIpc) is 3.30. The quantitative estimate of drug-likeness (QED) is 0.639. The Bertz CT molecular complexity index is 777. The Balaban J connectivity index is 1.58. The fourth-order valence-electron chi connectivity index (χ4n) is 6.75. The van der Waals surface area contributed by atoms with Crippen LogP contribution in [0.15, 0.2) is 12.1 Å². The number of hydrogen-bond acceptors (Lipinski definition) is 4. The summed E-state index contributed by atoms with van der Waals surface area (Å²) in [4.78, 5) is 0. The van der Waals surface area contributed by atoms with E-state index in [1.165, 1.54) is 12.8 Å². The molecular weight excluding hydrogens is 318 g/mol. The van der Waals surface area contributed by atoms with Crippen molar-refractivity contribution < 1.29 is 19.6 Å². The number of likely N-dealkylation sites (tertiary alicyclic amines) is 1. The van der Waals surface area contributed by atoms with Crippen LogP contribution in [0, 0.1) is 11.1 Å². The zero-order valence-corrected chi connectivity index (χ0v) is 14.4. The van der Waals surface area contributed by atoms with Gasteiger partial charge in [-0.2, -0.15) is 0 Å². The normalized spacial score (nSPS) is 46.5. The number of nitrogens with zero attached hydrogens (tertiary/aromatic N) is 1. The van der Waals surface area contributed by atoms with E-state index in [0.717, 1.165) is 24.0 Å². The Morgan fingerprint density at radius 1 is 1.24 bits per heavy atom. The van der Waals surface area contributed by atoms with Gasteiger partial charge < -0.3 is 24.8 Å². The highest BCUT2D eigenvalue weighted by Crippen LogP contribution is 2.66. The van der Waals surface area contributed by atoms with Crippen LogP contribution in [0.2, 0.25) is 0 Å². The number of hydrogen-bond donors (Lipinski definition) is 2. The summed E-state index contributed by atoms with van der Waals surface area (Å²) < 4.78 is 5.99. The molecule has 2 bridgehead atoms. The fourth-order valence-corrected chi connectivity index (χ4v) is 6.75. The topological polar surface area (TPSA) is 72.8 Å². The van der Waals surface area contributed by atoms with Crippen LogP contribution >= 0.6 is 0 Å². The van der Waals surface area contributed by atoms with Gasteiger partial charge in [-0.25, -0.2) is 0 Å². The number of aliphatic hydroxyl groups is 1. The van der Waals surface area contributed by atoms with Crippen molar-refractivity contribution in [3.05, 3.63) is 28.5 Å². The standard InChI is InChI=1S/C20H25NO4/c22-14-6-5-13-10-15-20(23)7-1-2-16-19(20,17(13)18(14)25-16)8-9-21(15,24)11-12-3-4-12/h5-6,12,15-16,22-23H,1-4,7-11H2/t15-,16+,19-,20?,21+/m1/s1. The molecule has 1 aromatic rings. The number of ether oxygens (including phenoxy) is 1. The summed E-state index contributed by atoms with van der Waals surface area (Å²) in [6, 6.07) is 3.36. The molecule has 2 N–H and O–H groups in total. The monoisotopic (exact) mass is 343 g/mol. The molecule has 2 saturated carbocycles. The molecule has 134 valence electrons. The molecule has 2 heterocycles. The van der Waals surface area contributed by atoms with Gasteiger partial charge in [0.15, 0.2) is 11.5 Å². The molecule has 2 aliphatic heterocycles. The maximum atomic E-state index is 13.9. The Kier molecular flexibility index (Phi) is 2.57. The van der Waals surface area contributed by atoms with Crippen LogP contribution < -0.4 is 4.74 Å². The van der Waals surface area contributed by atoms with Crippen molar-refractivity contribution in [1.29, 1.82) is 0 Å². The lowest BCUT2D eigenvalue weighted by Gasteiger charge is -2.67. The molecule has 0 aromatic heterocycles. The Morgan fingerprint density at radius 3 is 2.88 bits per heavy atom. The van der Waals surface area contributed by atoms with E-state index in [1.807, 2.05) is 6.07 Å². The number of rotatable bonds is 2. The van der Waals surface area contributed by atoms with Crippen LogP contribution in [0.5, 0.6) is 11.5 Å². The van der Waals surface area contributed by atoms with Gasteiger partial charge in [-0.1, -0.05) is 6.07 Å². The molecule has 5 atom stereocenters. The smallest absolute Gasteiger partial charge is 0.165 e. The number of hydroxylamine groups is 3. The maximum Gasteiger partial charge on any atom is 0.165 e. The second kappa shape index (κ2) is 4.33. The Morgan fingerprint density at radius 2 is 2.08 bits per heavy atom. The van der Waals surface area contributed by atoms with Crippen LogP contribution in [0.4, 0.5) is 0 Å². The molecule has 1 aromatic carbocycles. The number of benzene rings is 1. The predicted molar refractivity (Wildman–Crippen MR) is 91.2 cm³/mol. The Hall–Kier alpha value is -1.30. The third kappa shape index (κ3) is 1.57. The lowest BCUT2D eigenvalue weighted by molar-refractivity contribution is -0.924. The van der Waals surface area contributed by atoms with Crippen molar-refractivity contribution in [1.82, 2.24) is 0 Å².